The van der Waals surface area contributed by atoms with Gasteiger partial charge in [-0.25, -0.2) is 4.79 Å². The van der Waals surface area contributed by atoms with E-state index >= 15 is 0 Å². The molecule has 1 saturated heterocycles. The lowest BCUT2D eigenvalue weighted by atomic mass is 10.0. The zero-order valence-electron chi connectivity index (χ0n) is 18.7. The number of para-hydroxylation sites is 1. The Balaban J connectivity index is 1.30. The Morgan fingerprint density at radius 1 is 0.943 bits per heavy atom. The van der Waals surface area contributed by atoms with Crippen molar-refractivity contribution in [2.75, 3.05) is 31.5 Å². The summed E-state index contributed by atoms with van der Waals surface area (Å²) < 4.78 is 5.29. The molecule has 176 valence electrons. The minimum Gasteiger partial charge on any atom is -0.354 e. The zero-order chi connectivity index (χ0) is 24.2. The van der Waals surface area contributed by atoms with Crippen molar-refractivity contribution in [2.45, 2.75) is 6.04 Å². The molecule has 2 heterocycles. The molecule has 0 spiro atoms. The second-order valence-electron chi connectivity index (χ2n) is 8.16. The van der Waals surface area contributed by atoms with Crippen LogP contribution in [0.4, 0.5) is 10.6 Å². The summed E-state index contributed by atoms with van der Waals surface area (Å²) in [6.45, 7) is 2.46. The number of nitrogens with zero attached hydrogens (tertiary/aromatic N) is 3. The molecule has 2 amide bonds. The molecule has 1 aliphatic rings. The summed E-state index contributed by atoms with van der Waals surface area (Å²) in [6, 6.07) is 22.7. The Bertz CT molecular complexity index is 1400. The van der Waals surface area contributed by atoms with Gasteiger partial charge in [-0.05, 0) is 29.8 Å². The number of urea groups is 1. The van der Waals surface area contributed by atoms with Gasteiger partial charge in [0.05, 0.1) is 21.5 Å². The van der Waals surface area contributed by atoms with Crippen molar-refractivity contribution in [1.82, 2.24) is 15.0 Å². The Kier molecular flexibility index (Phi) is 6.91. The van der Waals surface area contributed by atoms with Crippen molar-refractivity contribution in [1.29, 1.82) is 0 Å². The van der Waals surface area contributed by atoms with Gasteiger partial charge in [0.2, 0.25) is 0 Å². The summed E-state index contributed by atoms with van der Waals surface area (Å²) in [7, 11) is 0. The molecule has 5 rings (SSSR count). The molecular weight excluding hydrogens is 483 g/mol. The van der Waals surface area contributed by atoms with Crippen LogP contribution in [0, 0.1) is 11.8 Å². The first-order chi connectivity index (χ1) is 17.1. The van der Waals surface area contributed by atoms with Crippen molar-refractivity contribution in [3.63, 3.8) is 0 Å². The molecule has 1 atom stereocenters. The molecule has 1 aliphatic heterocycles. The number of piperazine rings is 1. The number of benzene rings is 3. The van der Waals surface area contributed by atoms with Crippen LogP contribution in [0.15, 0.2) is 77.3 Å². The Labute approximate surface area is 213 Å². The van der Waals surface area contributed by atoms with Crippen LogP contribution in [0.1, 0.15) is 17.2 Å². The maximum Gasteiger partial charge on any atom is 0.323 e. The maximum atomic E-state index is 12.9. The van der Waals surface area contributed by atoms with Crippen molar-refractivity contribution < 1.29 is 9.32 Å². The van der Waals surface area contributed by atoms with Gasteiger partial charge in [-0.2, -0.15) is 0 Å². The zero-order valence-corrected chi connectivity index (χ0v) is 20.3. The van der Waals surface area contributed by atoms with E-state index in [1.54, 1.807) is 11.0 Å². The number of carbonyl (C=O) groups is 1. The molecule has 8 heteroatoms. The van der Waals surface area contributed by atoms with Gasteiger partial charge >= 0.3 is 6.03 Å². The van der Waals surface area contributed by atoms with Gasteiger partial charge in [0.25, 0.3) is 0 Å². The minimum absolute atomic E-state index is 0.143. The molecule has 1 aromatic heterocycles. The molecule has 0 radical (unpaired) electrons. The number of anilines is 1. The number of amides is 2. The van der Waals surface area contributed by atoms with Gasteiger partial charge in [0.1, 0.15) is 0 Å². The highest BCUT2D eigenvalue weighted by Gasteiger charge is 2.27. The monoisotopic (exact) mass is 504 g/mol. The number of nitrogens with one attached hydrogen (secondary N) is 1. The van der Waals surface area contributed by atoms with Gasteiger partial charge in [-0.1, -0.05) is 88.7 Å². The van der Waals surface area contributed by atoms with Crippen molar-refractivity contribution in [2.24, 2.45) is 0 Å². The van der Waals surface area contributed by atoms with Gasteiger partial charge in [0, 0.05) is 31.7 Å². The van der Waals surface area contributed by atoms with Gasteiger partial charge in [0.15, 0.2) is 11.4 Å². The molecule has 35 heavy (non-hydrogen) atoms. The third-order valence-electron chi connectivity index (χ3n) is 5.98. The smallest absolute Gasteiger partial charge is 0.323 e. The Hall–Kier alpha value is -3.50. The lowest BCUT2D eigenvalue weighted by Crippen LogP contribution is -2.50. The molecule has 3 aromatic carbocycles. The third-order valence-corrected chi connectivity index (χ3v) is 6.80. The van der Waals surface area contributed by atoms with Crippen LogP contribution in [0.3, 0.4) is 0 Å². The van der Waals surface area contributed by atoms with Crippen LogP contribution >= 0.6 is 23.2 Å². The van der Waals surface area contributed by atoms with E-state index in [-0.39, 0.29) is 12.1 Å². The highest BCUT2D eigenvalue weighted by Crippen LogP contribution is 2.27. The van der Waals surface area contributed by atoms with E-state index in [0.717, 1.165) is 10.9 Å². The van der Waals surface area contributed by atoms with E-state index in [9.17, 15) is 4.79 Å². The number of hydrogen-bond acceptors (Lipinski definition) is 4. The molecule has 0 bridgehead atoms. The number of rotatable bonds is 3. The number of fused-ring (bicyclic) bond motifs is 1. The van der Waals surface area contributed by atoms with E-state index < -0.39 is 0 Å². The second-order valence-corrected chi connectivity index (χ2v) is 8.95. The van der Waals surface area contributed by atoms with Crippen LogP contribution in [0.5, 0.6) is 0 Å². The lowest BCUT2D eigenvalue weighted by Gasteiger charge is -2.37. The van der Waals surface area contributed by atoms with Crippen LogP contribution in [0.25, 0.3) is 11.0 Å². The normalized spacial score (nSPS) is 14.9. The molecule has 6 nitrogen and oxygen atoms in total. The molecule has 0 aliphatic carbocycles. The van der Waals surface area contributed by atoms with Crippen LogP contribution < -0.4 is 5.32 Å². The summed E-state index contributed by atoms with van der Waals surface area (Å²) in [6.07, 6.45) is 0. The fraction of sp³-hybridized carbons (Fsp3) is 0.185. The summed E-state index contributed by atoms with van der Waals surface area (Å²) in [4.78, 5) is 17.0. The predicted octanol–water partition coefficient (Wildman–Crippen LogP) is 6.08. The van der Waals surface area contributed by atoms with Crippen molar-refractivity contribution >= 4 is 46.0 Å². The number of hydrogen-bond donors (Lipinski definition) is 1. The van der Waals surface area contributed by atoms with Crippen LogP contribution in [-0.4, -0.2) is 47.2 Å². The first-order valence-electron chi connectivity index (χ1n) is 11.2. The fourth-order valence-corrected chi connectivity index (χ4v) is 4.45. The Morgan fingerprint density at radius 2 is 1.69 bits per heavy atom. The van der Waals surface area contributed by atoms with Crippen molar-refractivity contribution in [3.8, 4) is 11.8 Å². The quantitative estimate of drug-likeness (QED) is 0.343. The molecule has 0 saturated carbocycles. The maximum absolute atomic E-state index is 12.9. The predicted molar refractivity (Wildman–Crippen MR) is 139 cm³/mol. The van der Waals surface area contributed by atoms with Crippen molar-refractivity contribution in [3.05, 3.63) is 94.0 Å². The van der Waals surface area contributed by atoms with Gasteiger partial charge in [-0.15, -0.1) is 0 Å². The molecule has 1 unspecified atom stereocenters. The number of halogens is 2. The lowest BCUT2D eigenvalue weighted by molar-refractivity contribution is 0.131. The van der Waals surface area contributed by atoms with E-state index in [2.05, 4.69) is 39.3 Å². The van der Waals surface area contributed by atoms with Gasteiger partial charge < -0.3 is 9.42 Å². The first-order valence-corrected chi connectivity index (χ1v) is 12.0. The fourth-order valence-electron chi connectivity index (χ4n) is 4.11. The van der Waals surface area contributed by atoms with Crippen LogP contribution in [0.2, 0.25) is 10.0 Å². The number of aromatic nitrogens is 1. The third kappa shape index (κ3) is 5.13. The first kappa shape index (κ1) is 23.3. The molecular formula is C27H22Cl2N4O2. The SMILES string of the molecule is O=C(Nc1noc2ccccc12)N1CCN(C(C#Cc2cccc(Cl)c2Cl)c2ccccc2)CC1. The molecule has 4 aromatic rings. The standard InChI is InChI=1S/C27H22Cl2N4O2/c28-22-11-6-9-20(25(22)29)13-14-23(19-7-2-1-3-8-19)32-15-17-33(18-16-32)27(34)30-26-21-10-4-5-12-24(21)35-31-26/h1-12,23H,15-18H2,(H,30,31,34). The van der Waals surface area contributed by atoms with E-state index in [4.69, 9.17) is 27.7 Å². The summed E-state index contributed by atoms with van der Waals surface area (Å²) >= 11 is 12.5. The highest BCUT2D eigenvalue weighted by atomic mass is 35.5. The van der Waals surface area contributed by atoms with E-state index in [1.807, 2.05) is 54.6 Å². The summed E-state index contributed by atoms with van der Waals surface area (Å²) in [5.41, 5.74) is 2.42. The molecule has 1 fully saturated rings. The summed E-state index contributed by atoms with van der Waals surface area (Å²) in [5, 5.41) is 8.59. The highest BCUT2D eigenvalue weighted by molar-refractivity contribution is 6.42. The second kappa shape index (κ2) is 10.4. The average Bonchev–Trinajstić information content (AvgIpc) is 3.30. The Morgan fingerprint density at radius 3 is 2.49 bits per heavy atom. The topological polar surface area (TPSA) is 61.6 Å². The average molecular weight is 505 g/mol. The number of carbonyl (C=O) groups excluding carboxylic acids is 1. The molecule has 1 N–H and O–H groups in total. The minimum atomic E-state index is -0.197. The largest absolute Gasteiger partial charge is 0.354 e. The summed E-state index contributed by atoms with van der Waals surface area (Å²) in [5.74, 6) is 7.02. The van der Waals surface area contributed by atoms with E-state index in [1.165, 1.54) is 0 Å². The van der Waals surface area contributed by atoms with E-state index in [0.29, 0.717) is 53.2 Å². The van der Waals surface area contributed by atoms with Crippen LogP contribution in [-0.2, 0) is 0 Å². The van der Waals surface area contributed by atoms with Gasteiger partial charge in [-0.3, -0.25) is 10.2 Å².